The Bertz CT molecular complexity index is 231. The van der Waals surface area contributed by atoms with Gasteiger partial charge in [-0.25, -0.2) is 0 Å². The summed E-state index contributed by atoms with van der Waals surface area (Å²) in [5.41, 5.74) is 0. The van der Waals surface area contributed by atoms with Gasteiger partial charge in [-0.15, -0.1) is 0 Å². The van der Waals surface area contributed by atoms with E-state index in [-0.39, 0.29) is 0 Å². The molecule has 3 heteroatoms. The molecular weight excluding hydrogens is 224 g/mol. The molecule has 0 bridgehead atoms. The van der Waals surface area contributed by atoms with Crippen molar-refractivity contribution in [2.24, 2.45) is 11.0 Å². The minimum absolute atomic E-state index is 0.499. The third-order valence-corrected chi connectivity index (χ3v) is 3.69. The molecule has 1 aliphatic heterocycles. The van der Waals surface area contributed by atoms with Crippen LogP contribution in [0.1, 0.15) is 58.8 Å². The maximum Gasteiger partial charge on any atom is 0.0704 e. The van der Waals surface area contributed by atoms with Gasteiger partial charge in [0.2, 0.25) is 0 Å². The van der Waals surface area contributed by atoms with Crippen molar-refractivity contribution in [1.82, 2.24) is 5.01 Å². The lowest BCUT2D eigenvalue weighted by molar-refractivity contribution is 0.118. The number of unbranched alkanes of at least 4 members (excludes halogenated alkanes) is 3. The van der Waals surface area contributed by atoms with Crippen molar-refractivity contribution < 1.29 is 4.74 Å². The number of hydrazone groups is 1. The van der Waals surface area contributed by atoms with Crippen LogP contribution in [0.5, 0.6) is 0 Å². The average molecular weight is 254 g/mol. The van der Waals surface area contributed by atoms with Crippen LogP contribution in [0.25, 0.3) is 0 Å². The molecule has 0 spiro atoms. The van der Waals surface area contributed by atoms with Crippen LogP contribution < -0.4 is 0 Å². The lowest BCUT2D eigenvalue weighted by Gasteiger charge is -2.21. The maximum absolute atomic E-state index is 5.24. The monoisotopic (exact) mass is 254 g/mol. The average Bonchev–Trinajstić information content (AvgIpc) is 2.80. The Morgan fingerprint density at radius 3 is 2.94 bits per heavy atom. The van der Waals surface area contributed by atoms with Gasteiger partial charge in [-0.1, -0.05) is 39.5 Å². The molecule has 2 atom stereocenters. The molecule has 0 unspecified atom stereocenters. The summed E-state index contributed by atoms with van der Waals surface area (Å²) < 4.78 is 5.24. The minimum atomic E-state index is 0.499. The van der Waals surface area contributed by atoms with Gasteiger partial charge in [0.1, 0.15) is 0 Å². The number of hydrogen-bond acceptors (Lipinski definition) is 3. The van der Waals surface area contributed by atoms with E-state index in [1.165, 1.54) is 44.9 Å². The fraction of sp³-hybridized carbons (Fsp3) is 0.933. The molecule has 0 aromatic carbocycles. The van der Waals surface area contributed by atoms with Gasteiger partial charge in [0, 0.05) is 19.9 Å². The molecule has 0 radical (unpaired) electrons. The lowest BCUT2D eigenvalue weighted by Crippen LogP contribution is -2.28. The Hall–Kier alpha value is -0.570. The van der Waals surface area contributed by atoms with E-state index >= 15 is 0 Å². The highest BCUT2D eigenvalue weighted by Crippen LogP contribution is 2.18. The first kappa shape index (κ1) is 15.5. The van der Waals surface area contributed by atoms with Gasteiger partial charge in [-0.3, -0.25) is 5.01 Å². The Balaban J connectivity index is 2.20. The molecule has 1 heterocycles. The molecule has 3 nitrogen and oxygen atoms in total. The lowest BCUT2D eigenvalue weighted by atomic mass is 10.0. The summed E-state index contributed by atoms with van der Waals surface area (Å²) in [5, 5.41) is 6.86. The van der Waals surface area contributed by atoms with Crippen molar-refractivity contribution in [3.8, 4) is 0 Å². The van der Waals surface area contributed by atoms with E-state index in [2.05, 4.69) is 30.2 Å². The largest absolute Gasteiger partial charge is 0.382 e. The van der Waals surface area contributed by atoms with Crippen LogP contribution in [0.15, 0.2) is 5.10 Å². The van der Waals surface area contributed by atoms with Gasteiger partial charge in [-0.2, -0.15) is 5.10 Å². The van der Waals surface area contributed by atoms with E-state index in [0.29, 0.717) is 12.0 Å². The van der Waals surface area contributed by atoms with E-state index in [9.17, 15) is 0 Å². The Morgan fingerprint density at radius 2 is 2.22 bits per heavy atom. The van der Waals surface area contributed by atoms with E-state index in [1.807, 2.05) is 0 Å². The SMILES string of the molecule is CCCCCC[C@H](C)/C=N/N1CCC[C@H]1COC. The molecule has 0 aromatic rings. The highest BCUT2D eigenvalue weighted by Gasteiger charge is 2.22. The summed E-state index contributed by atoms with van der Waals surface area (Å²) in [6.45, 7) is 6.43. The fourth-order valence-corrected chi connectivity index (χ4v) is 2.50. The molecule has 1 rings (SSSR count). The molecule has 106 valence electrons. The number of nitrogens with zero attached hydrogens (tertiary/aromatic N) is 2. The first-order valence-corrected chi connectivity index (χ1v) is 7.57. The smallest absolute Gasteiger partial charge is 0.0704 e. The van der Waals surface area contributed by atoms with Crippen LogP contribution in [-0.4, -0.2) is 37.5 Å². The van der Waals surface area contributed by atoms with Gasteiger partial charge >= 0.3 is 0 Å². The molecule has 1 aliphatic rings. The van der Waals surface area contributed by atoms with Crippen LogP contribution in [0, 0.1) is 5.92 Å². The van der Waals surface area contributed by atoms with Gasteiger partial charge in [0.05, 0.1) is 12.6 Å². The summed E-state index contributed by atoms with van der Waals surface area (Å²) in [7, 11) is 1.77. The van der Waals surface area contributed by atoms with Gasteiger partial charge in [0.15, 0.2) is 0 Å². The molecule has 0 amide bonds. The van der Waals surface area contributed by atoms with Crippen molar-refractivity contribution in [2.45, 2.75) is 64.8 Å². The molecule has 1 fully saturated rings. The maximum atomic E-state index is 5.24. The van der Waals surface area contributed by atoms with Crippen LogP contribution in [-0.2, 0) is 4.74 Å². The Kier molecular flexibility index (Phi) is 8.06. The second-order valence-corrected chi connectivity index (χ2v) is 5.51. The Labute approximate surface area is 113 Å². The third-order valence-electron chi connectivity index (χ3n) is 3.69. The predicted molar refractivity (Wildman–Crippen MR) is 78.0 cm³/mol. The molecule has 0 aromatic heterocycles. The zero-order chi connectivity index (χ0) is 13.2. The zero-order valence-corrected chi connectivity index (χ0v) is 12.4. The fourth-order valence-electron chi connectivity index (χ4n) is 2.50. The summed E-state index contributed by atoms with van der Waals surface area (Å²) in [6, 6.07) is 0.499. The topological polar surface area (TPSA) is 24.8 Å². The molecule has 0 saturated carbocycles. The van der Waals surface area contributed by atoms with Crippen LogP contribution in [0.3, 0.4) is 0 Å². The molecule has 0 aliphatic carbocycles. The molecule has 18 heavy (non-hydrogen) atoms. The zero-order valence-electron chi connectivity index (χ0n) is 12.4. The van der Waals surface area contributed by atoms with Crippen LogP contribution in [0.2, 0.25) is 0 Å². The summed E-state index contributed by atoms with van der Waals surface area (Å²) in [5.74, 6) is 0.602. The Morgan fingerprint density at radius 1 is 1.39 bits per heavy atom. The van der Waals surface area contributed by atoms with Gasteiger partial charge in [0.25, 0.3) is 0 Å². The highest BCUT2D eigenvalue weighted by atomic mass is 16.5. The van der Waals surface area contributed by atoms with E-state index in [4.69, 9.17) is 4.74 Å². The molecule has 0 N–H and O–H groups in total. The first-order valence-electron chi connectivity index (χ1n) is 7.57. The molecular formula is C15H30N2O. The molecule has 1 saturated heterocycles. The van der Waals surface area contributed by atoms with E-state index < -0.39 is 0 Å². The summed E-state index contributed by atoms with van der Waals surface area (Å²) in [4.78, 5) is 0. The number of rotatable bonds is 9. The second kappa shape index (κ2) is 9.37. The summed E-state index contributed by atoms with van der Waals surface area (Å²) in [6.07, 6.45) is 11.3. The minimum Gasteiger partial charge on any atom is -0.382 e. The van der Waals surface area contributed by atoms with Crippen molar-refractivity contribution >= 4 is 6.21 Å². The first-order chi connectivity index (χ1) is 8.77. The van der Waals surface area contributed by atoms with Crippen molar-refractivity contribution in [3.63, 3.8) is 0 Å². The highest BCUT2D eigenvalue weighted by molar-refractivity contribution is 5.59. The third kappa shape index (κ3) is 5.85. The van der Waals surface area contributed by atoms with Crippen molar-refractivity contribution in [2.75, 3.05) is 20.3 Å². The van der Waals surface area contributed by atoms with Crippen molar-refractivity contribution in [3.05, 3.63) is 0 Å². The van der Waals surface area contributed by atoms with Crippen molar-refractivity contribution in [1.29, 1.82) is 0 Å². The standard InChI is InChI=1S/C15H30N2O/c1-4-5-6-7-9-14(2)12-16-17-11-8-10-15(17)13-18-3/h12,14-15H,4-11,13H2,1-3H3/b16-12+/t14-,15-/m0/s1. The summed E-state index contributed by atoms with van der Waals surface area (Å²) >= 11 is 0. The van der Waals surface area contributed by atoms with Crippen LogP contribution in [0.4, 0.5) is 0 Å². The normalized spacial score (nSPS) is 21.9. The van der Waals surface area contributed by atoms with E-state index in [1.54, 1.807) is 7.11 Å². The number of methoxy groups -OCH3 is 1. The van der Waals surface area contributed by atoms with Gasteiger partial charge in [-0.05, 0) is 25.2 Å². The quantitative estimate of drug-likeness (QED) is 0.463. The van der Waals surface area contributed by atoms with Crippen LogP contribution >= 0.6 is 0 Å². The van der Waals surface area contributed by atoms with Gasteiger partial charge < -0.3 is 4.74 Å². The van der Waals surface area contributed by atoms with E-state index in [0.717, 1.165) is 13.2 Å². The number of ether oxygens (including phenoxy) is 1. The predicted octanol–water partition coefficient (Wildman–Crippen LogP) is 3.69. The second-order valence-electron chi connectivity index (χ2n) is 5.51. The number of hydrogen-bond donors (Lipinski definition) is 0.